The van der Waals surface area contributed by atoms with Gasteiger partial charge in [0.05, 0.1) is 18.0 Å². The van der Waals surface area contributed by atoms with Crippen molar-refractivity contribution in [3.05, 3.63) is 47.7 Å². The van der Waals surface area contributed by atoms with Crippen molar-refractivity contribution in [3.63, 3.8) is 0 Å². The van der Waals surface area contributed by atoms with Gasteiger partial charge >= 0.3 is 0 Å². The van der Waals surface area contributed by atoms with Crippen molar-refractivity contribution >= 4 is 11.6 Å². The van der Waals surface area contributed by atoms with Gasteiger partial charge in [0.2, 0.25) is 11.8 Å². The van der Waals surface area contributed by atoms with E-state index in [0.29, 0.717) is 30.5 Å². The number of hydrogen-bond acceptors (Lipinski definition) is 4. The highest BCUT2D eigenvalue weighted by molar-refractivity contribution is 5.90. The maximum Gasteiger partial charge on any atom is 0.221 e. The van der Waals surface area contributed by atoms with Crippen molar-refractivity contribution in [1.29, 1.82) is 0 Å². The van der Waals surface area contributed by atoms with E-state index >= 15 is 0 Å². The van der Waals surface area contributed by atoms with Crippen molar-refractivity contribution in [1.82, 2.24) is 4.98 Å². The van der Waals surface area contributed by atoms with Crippen LogP contribution in [0.25, 0.3) is 0 Å². The van der Waals surface area contributed by atoms with Crippen LogP contribution in [0.4, 0.5) is 5.69 Å². The molecule has 5 nitrogen and oxygen atoms in total. The van der Waals surface area contributed by atoms with E-state index in [9.17, 15) is 4.79 Å². The molecule has 22 heavy (non-hydrogen) atoms. The Morgan fingerprint density at radius 1 is 1.23 bits per heavy atom. The topological polar surface area (TPSA) is 60.5 Å². The van der Waals surface area contributed by atoms with Crippen LogP contribution in [-0.2, 0) is 11.4 Å². The van der Waals surface area contributed by atoms with E-state index in [1.54, 1.807) is 0 Å². The van der Waals surface area contributed by atoms with Crippen LogP contribution in [0.5, 0.6) is 11.6 Å². The summed E-state index contributed by atoms with van der Waals surface area (Å²) in [5, 5.41) is 2.76. The Bertz CT molecular complexity index is 656. The van der Waals surface area contributed by atoms with Gasteiger partial charge in [0.1, 0.15) is 12.4 Å². The third kappa shape index (κ3) is 4.48. The number of benzene rings is 1. The van der Waals surface area contributed by atoms with E-state index in [1.807, 2.05) is 50.2 Å². The number of ether oxygens (including phenoxy) is 2. The maximum absolute atomic E-state index is 11.2. The summed E-state index contributed by atoms with van der Waals surface area (Å²) in [6.07, 6.45) is 0. The Kier molecular flexibility index (Phi) is 5.36. The van der Waals surface area contributed by atoms with Crippen LogP contribution in [0.2, 0.25) is 0 Å². The molecule has 0 unspecified atom stereocenters. The zero-order valence-corrected chi connectivity index (χ0v) is 13.1. The van der Waals surface area contributed by atoms with E-state index < -0.39 is 0 Å². The molecule has 0 spiro atoms. The van der Waals surface area contributed by atoms with E-state index in [4.69, 9.17) is 9.47 Å². The molecule has 5 heteroatoms. The number of aromatic nitrogens is 1. The number of pyridine rings is 1. The lowest BCUT2D eigenvalue weighted by Crippen LogP contribution is -2.08. The zero-order valence-electron chi connectivity index (χ0n) is 13.1. The maximum atomic E-state index is 11.2. The van der Waals surface area contributed by atoms with Crippen LogP contribution >= 0.6 is 0 Å². The molecule has 0 atom stereocenters. The number of anilines is 1. The summed E-state index contributed by atoms with van der Waals surface area (Å²) in [7, 11) is 0. The monoisotopic (exact) mass is 300 g/mol. The molecule has 1 aromatic heterocycles. The van der Waals surface area contributed by atoms with E-state index in [1.165, 1.54) is 6.92 Å². The predicted octanol–water partition coefficient (Wildman–Crippen LogP) is 3.33. The number of amides is 1. The fourth-order valence-electron chi connectivity index (χ4n) is 1.96. The van der Waals surface area contributed by atoms with Crippen LogP contribution in [0.3, 0.4) is 0 Å². The van der Waals surface area contributed by atoms with E-state index in [2.05, 4.69) is 10.3 Å². The molecule has 0 aliphatic heterocycles. The largest absolute Gasteiger partial charge is 0.485 e. The molecular weight excluding hydrogens is 280 g/mol. The van der Waals surface area contributed by atoms with Gasteiger partial charge < -0.3 is 14.8 Å². The first-order valence-electron chi connectivity index (χ1n) is 7.18. The number of nitrogens with zero attached hydrogens (tertiary/aromatic N) is 1. The second-order valence-corrected chi connectivity index (χ2v) is 4.87. The highest BCUT2D eigenvalue weighted by Gasteiger charge is 2.07. The fourth-order valence-corrected chi connectivity index (χ4v) is 1.96. The standard InChI is InChI=1S/C17H20N2O3/c1-4-21-17-7-5-6-14(19-17)11-22-16-10-12(2)8-9-15(16)18-13(3)20/h5-10H,4,11H2,1-3H3,(H,18,20). The normalized spacial score (nSPS) is 10.1. The third-order valence-electron chi connectivity index (χ3n) is 2.90. The molecule has 1 amide bonds. The zero-order chi connectivity index (χ0) is 15.9. The number of nitrogens with one attached hydrogen (secondary N) is 1. The summed E-state index contributed by atoms with van der Waals surface area (Å²) >= 11 is 0. The number of aryl methyl sites for hydroxylation is 1. The minimum Gasteiger partial charge on any atom is -0.485 e. The predicted molar refractivity (Wildman–Crippen MR) is 85.2 cm³/mol. The molecule has 2 aromatic rings. The Morgan fingerprint density at radius 2 is 2.05 bits per heavy atom. The molecule has 0 fully saturated rings. The SMILES string of the molecule is CCOc1cccc(COc2cc(C)ccc2NC(C)=O)n1. The van der Waals surface area contributed by atoms with Crippen molar-refractivity contribution in [3.8, 4) is 11.6 Å². The van der Waals surface area contributed by atoms with E-state index in [-0.39, 0.29) is 5.91 Å². The van der Waals surface area contributed by atoms with Crippen molar-refractivity contribution < 1.29 is 14.3 Å². The van der Waals surface area contributed by atoms with Gasteiger partial charge in [-0.05, 0) is 37.6 Å². The van der Waals surface area contributed by atoms with Crippen LogP contribution in [-0.4, -0.2) is 17.5 Å². The van der Waals surface area contributed by atoms with Gasteiger partial charge in [-0.3, -0.25) is 4.79 Å². The summed E-state index contributed by atoms with van der Waals surface area (Å²) in [6, 6.07) is 11.2. The van der Waals surface area contributed by atoms with Gasteiger partial charge in [-0.2, -0.15) is 0 Å². The van der Waals surface area contributed by atoms with Gasteiger partial charge in [-0.25, -0.2) is 4.98 Å². The van der Waals surface area contributed by atoms with Crippen molar-refractivity contribution in [2.75, 3.05) is 11.9 Å². The van der Waals surface area contributed by atoms with Gasteiger partial charge in [0.15, 0.2) is 0 Å². The Hall–Kier alpha value is -2.56. The summed E-state index contributed by atoms with van der Waals surface area (Å²) < 4.78 is 11.2. The molecule has 0 bridgehead atoms. The highest BCUT2D eigenvalue weighted by Crippen LogP contribution is 2.26. The molecule has 0 saturated heterocycles. The van der Waals surface area contributed by atoms with Crippen LogP contribution in [0.1, 0.15) is 25.1 Å². The lowest BCUT2D eigenvalue weighted by molar-refractivity contribution is -0.114. The molecule has 0 radical (unpaired) electrons. The highest BCUT2D eigenvalue weighted by atomic mass is 16.5. The minimum atomic E-state index is -0.134. The summed E-state index contributed by atoms with van der Waals surface area (Å²) in [5.41, 5.74) is 2.47. The Balaban J connectivity index is 2.12. The molecule has 116 valence electrons. The van der Waals surface area contributed by atoms with Crippen molar-refractivity contribution in [2.24, 2.45) is 0 Å². The van der Waals surface area contributed by atoms with Gasteiger partial charge in [0, 0.05) is 13.0 Å². The van der Waals surface area contributed by atoms with Gasteiger partial charge in [-0.15, -0.1) is 0 Å². The van der Waals surface area contributed by atoms with Gasteiger partial charge in [-0.1, -0.05) is 12.1 Å². The van der Waals surface area contributed by atoms with E-state index in [0.717, 1.165) is 11.3 Å². The fraction of sp³-hybridized carbons (Fsp3) is 0.294. The smallest absolute Gasteiger partial charge is 0.221 e. The Morgan fingerprint density at radius 3 is 2.77 bits per heavy atom. The molecule has 1 heterocycles. The number of hydrogen-bond donors (Lipinski definition) is 1. The summed E-state index contributed by atoms with van der Waals surface area (Å²) in [4.78, 5) is 15.6. The molecule has 1 N–H and O–H groups in total. The second-order valence-electron chi connectivity index (χ2n) is 4.87. The lowest BCUT2D eigenvalue weighted by Gasteiger charge is -2.13. The molecule has 0 saturated carbocycles. The number of carbonyl (C=O) groups excluding carboxylic acids is 1. The quantitative estimate of drug-likeness (QED) is 0.889. The number of rotatable bonds is 6. The third-order valence-corrected chi connectivity index (χ3v) is 2.90. The summed E-state index contributed by atoms with van der Waals surface area (Å²) in [5.74, 6) is 1.07. The molecule has 0 aliphatic rings. The van der Waals surface area contributed by atoms with Gasteiger partial charge in [0.25, 0.3) is 0 Å². The average Bonchev–Trinajstić information content (AvgIpc) is 2.48. The molecule has 1 aromatic carbocycles. The molecule has 0 aliphatic carbocycles. The average molecular weight is 300 g/mol. The Labute approximate surface area is 130 Å². The first kappa shape index (κ1) is 15.8. The number of carbonyl (C=O) groups is 1. The van der Waals surface area contributed by atoms with Crippen LogP contribution in [0, 0.1) is 6.92 Å². The first-order chi connectivity index (χ1) is 10.6. The first-order valence-corrected chi connectivity index (χ1v) is 7.18. The molecule has 2 rings (SSSR count). The van der Waals surface area contributed by atoms with Crippen molar-refractivity contribution in [2.45, 2.75) is 27.4 Å². The summed E-state index contributed by atoms with van der Waals surface area (Å²) in [6.45, 7) is 6.23. The minimum absolute atomic E-state index is 0.134. The van der Waals surface area contributed by atoms with Crippen LogP contribution in [0.15, 0.2) is 36.4 Å². The lowest BCUT2D eigenvalue weighted by atomic mass is 10.2. The van der Waals surface area contributed by atoms with Crippen LogP contribution < -0.4 is 14.8 Å². The second kappa shape index (κ2) is 7.45. The molecular formula is C17H20N2O3.